The Hall–Kier alpha value is -14.2. The van der Waals surface area contributed by atoms with E-state index in [2.05, 4.69) is 119 Å². The zero-order chi connectivity index (χ0) is 91.7. The summed E-state index contributed by atoms with van der Waals surface area (Å²) in [6.45, 7) is 33.4. The van der Waals surface area contributed by atoms with E-state index in [-0.39, 0.29) is 53.2 Å². The highest BCUT2D eigenvalue weighted by atomic mass is 16.5. The van der Waals surface area contributed by atoms with Crippen LogP contribution in [0.25, 0.3) is 83.9 Å². The number of piperidine rings is 1. The van der Waals surface area contributed by atoms with Crippen LogP contribution >= 0.6 is 0 Å². The summed E-state index contributed by atoms with van der Waals surface area (Å²) < 4.78 is 38.8. The van der Waals surface area contributed by atoms with Crippen LogP contribution in [0.5, 0.6) is 11.5 Å². The fraction of sp³-hybridized carbons (Fsp3) is 0.351. The van der Waals surface area contributed by atoms with Crippen LogP contribution in [-0.2, 0) is 61.2 Å². The molecule has 0 bridgehead atoms. The molecule has 12 heterocycles. The number of likely N-dealkylation sites (tertiary alicyclic amines) is 1. The number of aromatic nitrogens is 15. The number of nitrogens with one attached hydrogen (secondary N) is 3. The molecule has 0 spiro atoms. The number of nitrogens with two attached hydrogens (primary N) is 3. The molecule has 0 atom stereocenters. The van der Waals surface area contributed by atoms with Crippen molar-refractivity contribution in [2.45, 2.75) is 124 Å². The molecule has 3 fully saturated rings. The molecule has 3 aliphatic rings. The maximum Gasteiger partial charge on any atom is 0.230 e. The van der Waals surface area contributed by atoms with Gasteiger partial charge in [-0.1, -0.05) is 109 Å². The zero-order valence-corrected chi connectivity index (χ0v) is 75.7. The van der Waals surface area contributed by atoms with Crippen LogP contribution < -0.4 is 42.6 Å². The number of piperazine rings is 1. The monoisotopic (exact) mass is 1770 g/mol. The quantitative estimate of drug-likeness (QED) is 0.0327. The molecule has 34 nitrogen and oxygen atoms in total. The number of likely N-dealkylation sites (N-methyl/N-ethyl adjacent to an activating group) is 1. The van der Waals surface area contributed by atoms with Crippen molar-refractivity contribution in [3.8, 4) is 62.3 Å². The smallest absolute Gasteiger partial charge is 0.230 e. The molecule has 0 aliphatic carbocycles. The van der Waals surface area contributed by atoms with Gasteiger partial charge < -0.3 is 65.8 Å². The van der Waals surface area contributed by atoms with Gasteiger partial charge in [0.05, 0.1) is 82.8 Å². The molecule has 3 saturated heterocycles. The summed E-state index contributed by atoms with van der Waals surface area (Å²) in [5.74, 6) is 5.13. The van der Waals surface area contributed by atoms with Gasteiger partial charge in [0.2, 0.25) is 17.7 Å². The Kier molecular flexibility index (Phi) is 27.1. The van der Waals surface area contributed by atoms with Crippen LogP contribution in [0.2, 0.25) is 0 Å². The minimum Gasteiger partial charge on any atom is -0.492 e. The second-order valence-corrected chi connectivity index (χ2v) is 36.5. The second-order valence-electron chi connectivity index (χ2n) is 36.5. The summed E-state index contributed by atoms with van der Waals surface area (Å²) in [4.78, 5) is 73.7. The van der Waals surface area contributed by atoms with Crippen molar-refractivity contribution < 1.29 is 42.2 Å². The molecule has 0 unspecified atom stereocenters. The third kappa shape index (κ3) is 22.2. The van der Waals surface area contributed by atoms with Gasteiger partial charge in [0, 0.05) is 121 Å². The Morgan fingerprint density at radius 1 is 0.420 bits per heavy atom. The summed E-state index contributed by atoms with van der Waals surface area (Å²) in [5, 5.41) is 37.6. The minimum absolute atomic E-state index is 0.113. The summed E-state index contributed by atoms with van der Waals surface area (Å²) in [7, 11) is 2.16. The van der Waals surface area contributed by atoms with Crippen LogP contribution in [0.4, 0.5) is 34.5 Å². The highest BCUT2D eigenvalue weighted by molar-refractivity contribution is 6.02. The maximum absolute atomic E-state index is 12.7. The molecule has 678 valence electrons. The lowest BCUT2D eigenvalue weighted by molar-refractivity contribution is -0.116. The fourth-order valence-corrected chi connectivity index (χ4v) is 15.4. The van der Waals surface area contributed by atoms with Gasteiger partial charge in [-0.25, -0.2) is 43.9 Å². The molecule has 9 aromatic heterocycles. The highest BCUT2D eigenvalue weighted by Crippen LogP contribution is 2.38. The molecule has 9 N–H and O–H groups in total. The first-order chi connectivity index (χ1) is 63.0. The number of amides is 3. The van der Waals surface area contributed by atoms with Gasteiger partial charge in [0.25, 0.3) is 0 Å². The van der Waals surface area contributed by atoms with Crippen LogP contribution in [0.1, 0.15) is 122 Å². The van der Waals surface area contributed by atoms with Crippen LogP contribution in [0.15, 0.2) is 196 Å². The zero-order valence-electron chi connectivity index (χ0n) is 75.7. The molecule has 131 heavy (non-hydrogen) atoms. The lowest BCUT2D eigenvalue weighted by Crippen LogP contribution is -2.45. The van der Waals surface area contributed by atoms with Gasteiger partial charge in [0.1, 0.15) is 95.6 Å². The predicted octanol–water partition coefficient (Wildman–Crippen LogP) is 14.1. The van der Waals surface area contributed by atoms with E-state index in [0.717, 1.165) is 153 Å². The number of fused-ring (bicyclic) bond motifs is 3. The molecular weight excluding hydrogens is 1660 g/mol. The number of anilines is 6. The third-order valence-electron chi connectivity index (χ3n) is 23.1. The number of nitrogens with zero attached hydrogens (tertiary/aromatic N) is 19. The van der Waals surface area contributed by atoms with E-state index < -0.39 is 0 Å². The highest BCUT2D eigenvalue weighted by Gasteiger charge is 2.28. The van der Waals surface area contributed by atoms with Crippen molar-refractivity contribution >= 4 is 85.3 Å². The third-order valence-corrected chi connectivity index (χ3v) is 23.1. The number of morpholine rings is 1. The fourth-order valence-electron chi connectivity index (χ4n) is 15.4. The van der Waals surface area contributed by atoms with E-state index in [1.807, 2.05) is 202 Å². The topological polar surface area (TPSA) is 415 Å². The van der Waals surface area contributed by atoms with Gasteiger partial charge in [0.15, 0.2) is 16.9 Å². The maximum atomic E-state index is 12.7. The normalized spacial score (nSPS) is 14.5. The standard InChI is InChI=1S/C33H39N9O3.C33H38N8O2.C31H34N8O4/c1-33(2,3)27-19-24(39-45-27)20-28(43)37-23-7-9-25(10-8-23)42-32-29(31(34)35-21-36-32)30(38-42)22-5-11-26(12-6-22)44-18-17-41-15-13-40(4)14-16-41;1-21-13-15-40(16-14-21)19-22-5-7-23(8-6-22)30-29-31(34)35-20-36-32(29)41(38-30)26-11-9-24(10-12-26)37-28(42)18-25-17-27(43-39-25)33(2,3)4;1-31(2,3)25-16-22(37-43-25)17-26(40)35-21-6-8-23(9-7-21)39-30-27(29(32)33-18-34-30)28(36-39)20-4-10-24(11-5-20)42-19-38-12-14-41-15-13-38/h5-12,19,21H,13-18,20H2,1-4H3,(H,37,43)(H2,34,35,36);5-12,17,20-21H,13-16,18-19H2,1-4H3,(H,37,42)(H2,34,35,36);4-11,16,18H,12-15,17,19H2,1-3H3,(H,35,40)(H2,32,33,34). The molecule has 0 saturated carbocycles. The molecule has 6 aromatic carbocycles. The molecule has 15 aromatic rings. The van der Waals surface area contributed by atoms with Crippen molar-refractivity contribution in [1.29, 1.82) is 0 Å². The Morgan fingerprint density at radius 3 is 1.12 bits per heavy atom. The number of carbonyl (C=O) groups excluding carboxylic acids is 3. The molecule has 3 aliphatic heterocycles. The largest absolute Gasteiger partial charge is 0.492 e. The number of hydrogen-bond acceptors (Lipinski definition) is 28. The van der Waals surface area contributed by atoms with Crippen molar-refractivity contribution in [2.75, 3.05) is 126 Å². The SMILES string of the molecule is CC(C)(C)c1cc(CC(=O)Nc2ccc(-n3nc(-c4ccc(OCN5CCOCC5)cc4)c4c(N)ncnc43)cc2)no1.CC1CCN(Cc2ccc(-c3nn(-c4ccc(NC(=O)Cc5cc(C(C)(C)C)on5)cc4)c4ncnc(N)c34)cc2)CC1.CN1CCN(CCOc2ccc(-c3nn(-c4ccc(NC(=O)Cc5cc(C(C)(C)C)on5)cc4)c4ncnc(N)c34)cc2)CC1. The molecular formula is C97H111N25O9. The van der Waals surface area contributed by atoms with E-state index in [0.29, 0.717) is 109 Å². The number of carbonyl (C=O) groups is 3. The van der Waals surface area contributed by atoms with Crippen molar-refractivity contribution in [3.05, 3.63) is 223 Å². The predicted molar refractivity (Wildman–Crippen MR) is 503 cm³/mol. The number of hydrogen-bond donors (Lipinski definition) is 6. The van der Waals surface area contributed by atoms with Gasteiger partial charge >= 0.3 is 0 Å². The van der Waals surface area contributed by atoms with Crippen molar-refractivity contribution in [3.63, 3.8) is 0 Å². The average molecular weight is 1770 g/mol. The number of rotatable bonds is 24. The second kappa shape index (κ2) is 39.4. The number of nitrogen functional groups attached to an aromatic ring is 3. The summed E-state index contributed by atoms with van der Waals surface area (Å²) >= 11 is 0. The Labute approximate surface area is 758 Å². The van der Waals surface area contributed by atoms with Gasteiger partial charge in [-0.15, -0.1) is 0 Å². The van der Waals surface area contributed by atoms with Crippen LogP contribution in [0, 0.1) is 5.92 Å². The number of benzene rings is 6. The van der Waals surface area contributed by atoms with E-state index in [1.165, 1.54) is 37.4 Å². The molecule has 3 amide bonds. The van der Waals surface area contributed by atoms with E-state index in [1.54, 1.807) is 14.0 Å². The van der Waals surface area contributed by atoms with Crippen molar-refractivity contribution in [2.24, 2.45) is 5.92 Å². The Morgan fingerprint density at radius 2 is 0.771 bits per heavy atom. The van der Waals surface area contributed by atoms with Crippen LogP contribution in [0.3, 0.4) is 0 Å². The van der Waals surface area contributed by atoms with Gasteiger partial charge in [-0.3, -0.25) is 29.1 Å². The molecule has 34 heteroatoms. The molecule has 18 rings (SSSR count). The lowest BCUT2D eigenvalue weighted by atomic mass is 9.93. The van der Waals surface area contributed by atoms with Crippen molar-refractivity contribution in [1.82, 2.24) is 94.3 Å². The number of ether oxygens (including phenoxy) is 3. The summed E-state index contributed by atoms with van der Waals surface area (Å²) in [6, 6.07) is 51.8. The first-order valence-corrected chi connectivity index (χ1v) is 44.1. The van der Waals surface area contributed by atoms with Gasteiger partial charge in [-0.2, -0.15) is 15.3 Å². The van der Waals surface area contributed by atoms with Crippen LogP contribution in [-0.4, -0.2) is 205 Å². The summed E-state index contributed by atoms with van der Waals surface area (Å²) in [5.41, 5.74) is 32.3. The average Bonchev–Trinajstić information content (AvgIpc) is 1.62. The Bertz CT molecular complexity index is 6440. The van der Waals surface area contributed by atoms with E-state index >= 15 is 0 Å². The first kappa shape index (κ1) is 90.2. The summed E-state index contributed by atoms with van der Waals surface area (Å²) in [6.07, 6.45) is 7.18. The molecule has 0 radical (unpaired) electrons. The van der Waals surface area contributed by atoms with Gasteiger partial charge in [-0.05, 0) is 166 Å². The first-order valence-electron chi connectivity index (χ1n) is 44.1. The van der Waals surface area contributed by atoms with E-state index in [4.69, 9.17) is 60.3 Å². The Balaban J connectivity index is 0.000000144. The lowest BCUT2D eigenvalue weighted by Gasteiger charge is -2.32. The minimum atomic E-state index is -0.189. The van der Waals surface area contributed by atoms with E-state index in [9.17, 15) is 14.4 Å².